The van der Waals surface area contributed by atoms with E-state index in [0.29, 0.717) is 18.1 Å². The van der Waals surface area contributed by atoms with Gasteiger partial charge in [-0.25, -0.2) is 4.79 Å². The van der Waals surface area contributed by atoms with E-state index < -0.39 is 0 Å². The van der Waals surface area contributed by atoms with Crippen molar-refractivity contribution >= 4 is 5.97 Å². The summed E-state index contributed by atoms with van der Waals surface area (Å²) in [6.45, 7) is 13.4. The lowest BCUT2D eigenvalue weighted by Gasteiger charge is -2.05. The molecule has 0 N–H and O–H groups in total. The van der Waals surface area contributed by atoms with Crippen molar-refractivity contribution in [1.82, 2.24) is 0 Å². The molecule has 0 bridgehead atoms. The molecule has 90 valence electrons. The minimum Gasteiger partial charge on any atom is -0.458 e. The quantitative estimate of drug-likeness (QED) is 0.373. The maximum absolute atomic E-state index is 11.4. The molecule has 0 aliphatic heterocycles. The van der Waals surface area contributed by atoms with Crippen LogP contribution in [0.25, 0.3) is 0 Å². The minimum atomic E-state index is -0.255. The number of esters is 1. The van der Waals surface area contributed by atoms with Crippen molar-refractivity contribution in [1.29, 1.82) is 0 Å². The first-order chi connectivity index (χ1) is 7.47. The third kappa shape index (κ3) is 7.04. The van der Waals surface area contributed by atoms with Crippen LogP contribution in [0.4, 0.5) is 0 Å². The minimum absolute atomic E-state index is 0.255. The Morgan fingerprint density at radius 1 is 1.44 bits per heavy atom. The Kier molecular flexibility index (Phi) is 7.27. The number of hydrogen-bond donors (Lipinski definition) is 0. The van der Waals surface area contributed by atoms with Crippen molar-refractivity contribution in [3.05, 3.63) is 36.5 Å². The SMILES string of the molecule is C=CC(C)CC/C=C(\C)C(=O)OCC(=C)C. The Labute approximate surface area is 98.7 Å². The topological polar surface area (TPSA) is 26.3 Å². The van der Waals surface area contributed by atoms with Gasteiger partial charge in [0.25, 0.3) is 0 Å². The summed E-state index contributed by atoms with van der Waals surface area (Å²) in [5.74, 6) is 0.227. The first-order valence-corrected chi connectivity index (χ1v) is 5.58. The number of carbonyl (C=O) groups is 1. The Morgan fingerprint density at radius 3 is 2.56 bits per heavy atom. The zero-order valence-electron chi connectivity index (χ0n) is 10.6. The lowest BCUT2D eigenvalue weighted by Crippen LogP contribution is -2.07. The van der Waals surface area contributed by atoms with E-state index in [1.54, 1.807) is 6.92 Å². The van der Waals surface area contributed by atoms with Gasteiger partial charge in [-0.15, -0.1) is 6.58 Å². The lowest BCUT2D eigenvalue weighted by molar-refractivity contribution is -0.138. The van der Waals surface area contributed by atoms with Crippen molar-refractivity contribution in [3.8, 4) is 0 Å². The van der Waals surface area contributed by atoms with Gasteiger partial charge in [0, 0.05) is 5.57 Å². The molecule has 0 heterocycles. The van der Waals surface area contributed by atoms with Crippen LogP contribution in [0.3, 0.4) is 0 Å². The smallest absolute Gasteiger partial charge is 0.333 e. The van der Waals surface area contributed by atoms with Crippen molar-refractivity contribution in [3.63, 3.8) is 0 Å². The van der Waals surface area contributed by atoms with Crippen LogP contribution in [0.2, 0.25) is 0 Å². The Hall–Kier alpha value is -1.31. The van der Waals surface area contributed by atoms with Gasteiger partial charge in [0.1, 0.15) is 6.61 Å². The molecule has 0 aliphatic carbocycles. The molecule has 0 saturated heterocycles. The summed E-state index contributed by atoms with van der Waals surface area (Å²) in [6, 6.07) is 0. The van der Waals surface area contributed by atoms with Gasteiger partial charge in [0.15, 0.2) is 0 Å². The summed E-state index contributed by atoms with van der Waals surface area (Å²) in [5, 5.41) is 0. The molecule has 1 atom stereocenters. The van der Waals surface area contributed by atoms with Crippen LogP contribution in [0.1, 0.15) is 33.6 Å². The zero-order valence-corrected chi connectivity index (χ0v) is 10.6. The van der Waals surface area contributed by atoms with Crippen LogP contribution in [-0.4, -0.2) is 12.6 Å². The highest BCUT2D eigenvalue weighted by atomic mass is 16.5. The second kappa shape index (κ2) is 7.91. The van der Waals surface area contributed by atoms with Crippen molar-refractivity contribution < 1.29 is 9.53 Å². The maximum atomic E-state index is 11.4. The number of allylic oxidation sites excluding steroid dienone is 2. The third-order valence-corrected chi connectivity index (χ3v) is 2.25. The Balaban J connectivity index is 3.97. The fourth-order valence-corrected chi connectivity index (χ4v) is 1.07. The third-order valence-electron chi connectivity index (χ3n) is 2.25. The Bertz CT molecular complexity index is 287. The molecule has 2 nitrogen and oxygen atoms in total. The largest absolute Gasteiger partial charge is 0.458 e. The summed E-state index contributed by atoms with van der Waals surface area (Å²) >= 11 is 0. The van der Waals surface area contributed by atoms with Gasteiger partial charge in [-0.05, 0) is 38.2 Å². The zero-order chi connectivity index (χ0) is 12.6. The number of hydrogen-bond acceptors (Lipinski definition) is 2. The summed E-state index contributed by atoms with van der Waals surface area (Å²) in [4.78, 5) is 11.4. The molecular weight excluding hydrogens is 200 g/mol. The van der Waals surface area contributed by atoms with Gasteiger partial charge in [0.05, 0.1) is 0 Å². The summed E-state index contributed by atoms with van der Waals surface area (Å²) in [6.07, 6.45) is 5.72. The first-order valence-electron chi connectivity index (χ1n) is 5.58. The van der Waals surface area contributed by atoms with Crippen LogP contribution in [-0.2, 0) is 9.53 Å². The van der Waals surface area contributed by atoms with Crippen molar-refractivity contribution in [2.24, 2.45) is 5.92 Å². The molecule has 0 aromatic rings. The molecule has 0 radical (unpaired) electrons. The summed E-state index contributed by atoms with van der Waals surface area (Å²) in [7, 11) is 0. The van der Waals surface area contributed by atoms with E-state index in [1.165, 1.54) is 0 Å². The van der Waals surface area contributed by atoms with Gasteiger partial charge < -0.3 is 4.74 Å². The molecule has 0 saturated carbocycles. The van der Waals surface area contributed by atoms with Crippen LogP contribution < -0.4 is 0 Å². The summed E-state index contributed by atoms with van der Waals surface area (Å²) < 4.78 is 5.02. The predicted octanol–water partition coefficient (Wildman–Crippen LogP) is 3.65. The van der Waals surface area contributed by atoms with Gasteiger partial charge in [-0.1, -0.05) is 25.7 Å². The standard InChI is InChI=1S/C14H22O2/c1-6-12(4)8-7-9-13(5)14(15)16-10-11(2)3/h6,9,12H,1-2,7-8,10H2,3-5H3/b13-9+. The predicted molar refractivity (Wildman–Crippen MR) is 68.1 cm³/mol. The Morgan fingerprint density at radius 2 is 2.06 bits per heavy atom. The van der Waals surface area contributed by atoms with E-state index in [-0.39, 0.29) is 5.97 Å². The number of ether oxygens (including phenoxy) is 1. The lowest BCUT2D eigenvalue weighted by atomic mass is 10.0. The van der Waals surface area contributed by atoms with Crippen molar-refractivity contribution in [2.75, 3.05) is 6.61 Å². The van der Waals surface area contributed by atoms with Gasteiger partial charge >= 0.3 is 5.97 Å². The first kappa shape index (κ1) is 14.7. The molecule has 0 amide bonds. The highest BCUT2D eigenvalue weighted by Crippen LogP contribution is 2.09. The van der Waals surface area contributed by atoms with E-state index in [2.05, 4.69) is 20.1 Å². The molecular formula is C14H22O2. The van der Waals surface area contributed by atoms with Crippen LogP contribution in [0.5, 0.6) is 0 Å². The normalized spacial score (nSPS) is 13.1. The molecule has 2 heteroatoms. The van der Waals surface area contributed by atoms with E-state index >= 15 is 0 Å². The van der Waals surface area contributed by atoms with Gasteiger partial charge in [0.2, 0.25) is 0 Å². The molecule has 0 spiro atoms. The molecule has 16 heavy (non-hydrogen) atoms. The summed E-state index contributed by atoms with van der Waals surface area (Å²) in [5.41, 5.74) is 1.51. The molecule has 0 aromatic heterocycles. The van der Waals surface area contributed by atoms with Crippen LogP contribution in [0.15, 0.2) is 36.5 Å². The van der Waals surface area contributed by atoms with Gasteiger partial charge in [-0.2, -0.15) is 0 Å². The number of rotatable bonds is 7. The number of carbonyl (C=O) groups excluding carboxylic acids is 1. The molecule has 1 unspecified atom stereocenters. The van der Waals surface area contributed by atoms with E-state index in [4.69, 9.17) is 4.74 Å². The fourth-order valence-electron chi connectivity index (χ4n) is 1.07. The second-order valence-electron chi connectivity index (χ2n) is 4.21. The molecule has 0 aliphatic rings. The average Bonchev–Trinajstić information content (AvgIpc) is 2.25. The fraction of sp³-hybridized carbons (Fsp3) is 0.500. The van der Waals surface area contributed by atoms with E-state index in [9.17, 15) is 4.79 Å². The van der Waals surface area contributed by atoms with E-state index in [0.717, 1.165) is 18.4 Å². The molecule has 0 fully saturated rings. The highest BCUT2D eigenvalue weighted by Gasteiger charge is 2.05. The monoisotopic (exact) mass is 222 g/mol. The molecule has 0 aromatic carbocycles. The van der Waals surface area contributed by atoms with Gasteiger partial charge in [-0.3, -0.25) is 0 Å². The maximum Gasteiger partial charge on any atom is 0.333 e. The molecule has 0 rings (SSSR count). The second-order valence-corrected chi connectivity index (χ2v) is 4.21. The van der Waals surface area contributed by atoms with E-state index in [1.807, 2.05) is 19.1 Å². The van der Waals surface area contributed by atoms with Crippen LogP contribution in [0, 0.1) is 5.92 Å². The van der Waals surface area contributed by atoms with Crippen LogP contribution >= 0.6 is 0 Å². The average molecular weight is 222 g/mol. The highest BCUT2D eigenvalue weighted by molar-refractivity contribution is 5.87. The van der Waals surface area contributed by atoms with Crippen molar-refractivity contribution in [2.45, 2.75) is 33.6 Å².